The molecule has 1 N–H and O–H groups in total. The Labute approximate surface area is 188 Å². The molecule has 9 heteroatoms. The van der Waals surface area contributed by atoms with Gasteiger partial charge in [-0.15, -0.1) is 10.2 Å². The average molecular weight is 491 g/mol. The quantitative estimate of drug-likeness (QED) is 0.458. The van der Waals surface area contributed by atoms with Crippen molar-refractivity contribution >= 4 is 39.3 Å². The van der Waals surface area contributed by atoms with Crippen LogP contribution in [-0.4, -0.2) is 33.5 Å². The van der Waals surface area contributed by atoms with Crippen LogP contribution >= 0.6 is 27.7 Å². The fraction of sp³-hybridized carbons (Fsp3) is 0.286. The third-order valence-electron chi connectivity index (χ3n) is 4.40. The number of anilines is 1. The number of carbonyl (C=O) groups excluding carboxylic acids is 1. The van der Waals surface area contributed by atoms with Gasteiger partial charge in [0.2, 0.25) is 5.91 Å². The molecule has 1 unspecified atom stereocenters. The smallest absolute Gasteiger partial charge is 0.234 e. The first-order valence-corrected chi connectivity index (χ1v) is 11.0. The van der Waals surface area contributed by atoms with Crippen LogP contribution in [0.25, 0.3) is 0 Å². The third-order valence-corrected chi connectivity index (χ3v) is 5.91. The molecule has 3 aromatic rings. The first-order chi connectivity index (χ1) is 14.4. The zero-order chi connectivity index (χ0) is 21.7. The van der Waals surface area contributed by atoms with Crippen molar-refractivity contribution < 1.29 is 14.3 Å². The number of hydrogen-bond donors (Lipinski definition) is 1. The minimum atomic E-state index is -0.301. The lowest BCUT2D eigenvalue weighted by Gasteiger charge is -2.14. The molecule has 0 aliphatic carbocycles. The molecule has 0 bridgehead atoms. The van der Waals surface area contributed by atoms with Gasteiger partial charge in [0, 0.05) is 17.2 Å². The van der Waals surface area contributed by atoms with Crippen molar-refractivity contribution in [2.75, 3.05) is 18.2 Å². The molecule has 1 atom stereocenters. The standard InChI is InChI=1S/C21H23BrN4O3S/c1-13-11-15(22)5-10-18(13)23-19(27)12-30-21-25-24-20(26(21)3)14(2)29-17-8-6-16(28-4)7-9-17/h5-11,14H,12H2,1-4H3,(H,23,27). The fourth-order valence-electron chi connectivity index (χ4n) is 2.80. The molecule has 158 valence electrons. The van der Waals surface area contributed by atoms with E-state index in [9.17, 15) is 4.79 Å². The second kappa shape index (κ2) is 9.99. The van der Waals surface area contributed by atoms with Crippen LogP contribution in [0, 0.1) is 6.92 Å². The first kappa shape index (κ1) is 22.2. The number of aromatic nitrogens is 3. The highest BCUT2D eigenvalue weighted by molar-refractivity contribution is 9.10. The lowest BCUT2D eigenvalue weighted by Crippen LogP contribution is -2.15. The summed E-state index contributed by atoms with van der Waals surface area (Å²) in [6.45, 7) is 3.86. The van der Waals surface area contributed by atoms with Gasteiger partial charge in [0.1, 0.15) is 11.5 Å². The predicted octanol–water partition coefficient (Wildman–Crippen LogP) is 4.77. The molecule has 3 rings (SSSR count). The summed E-state index contributed by atoms with van der Waals surface area (Å²) in [6, 6.07) is 13.1. The Morgan fingerprint density at radius 3 is 2.57 bits per heavy atom. The van der Waals surface area contributed by atoms with E-state index < -0.39 is 0 Å². The summed E-state index contributed by atoms with van der Waals surface area (Å²) in [6.07, 6.45) is -0.301. The van der Waals surface area contributed by atoms with E-state index in [0.29, 0.717) is 16.7 Å². The van der Waals surface area contributed by atoms with E-state index in [1.165, 1.54) is 11.8 Å². The number of nitrogens with one attached hydrogen (secondary N) is 1. The third kappa shape index (κ3) is 5.54. The highest BCUT2D eigenvalue weighted by Crippen LogP contribution is 2.25. The summed E-state index contributed by atoms with van der Waals surface area (Å²) < 4.78 is 13.9. The molecule has 7 nitrogen and oxygen atoms in total. The normalized spacial score (nSPS) is 11.8. The van der Waals surface area contributed by atoms with E-state index in [4.69, 9.17) is 9.47 Å². The van der Waals surface area contributed by atoms with Gasteiger partial charge in [-0.2, -0.15) is 0 Å². The second-order valence-electron chi connectivity index (χ2n) is 6.63. The molecule has 0 fully saturated rings. The van der Waals surface area contributed by atoms with Crippen LogP contribution in [0.15, 0.2) is 52.1 Å². The number of benzene rings is 2. The summed E-state index contributed by atoms with van der Waals surface area (Å²) in [7, 11) is 3.49. The van der Waals surface area contributed by atoms with Crippen LogP contribution < -0.4 is 14.8 Å². The van der Waals surface area contributed by atoms with Crippen molar-refractivity contribution in [2.45, 2.75) is 25.1 Å². The Morgan fingerprint density at radius 2 is 1.90 bits per heavy atom. The van der Waals surface area contributed by atoms with Crippen molar-refractivity contribution in [3.63, 3.8) is 0 Å². The number of carbonyl (C=O) groups is 1. The van der Waals surface area contributed by atoms with Crippen LogP contribution in [0.5, 0.6) is 11.5 Å². The Morgan fingerprint density at radius 1 is 1.20 bits per heavy atom. The van der Waals surface area contributed by atoms with E-state index in [2.05, 4.69) is 31.4 Å². The number of rotatable bonds is 8. The van der Waals surface area contributed by atoms with Crippen LogP contribution in [0.1, 0.15) is 24.4 Å². The lowest BCUT2D eigenvalue weighted by atomic mass is 10.2. The van der Waals surface area contributed by atoms with Gasteiger partial charge in [-0.05, 0) is 61.9 Å². The minimum Gasteiger partial charge on any atom is -0.497 e. The molecule has 0 saturated heterocycles. The summed E-state index contributed by atoms with van der Waals surface area (Å²) in [5.41, 5.74) is 1.79. The van der Waals surface area contributed by atoms with E-state index in [1.807, 2.05) is 67.9 Å². The highest BCUT2D eigenvalue weighted by Gasteiger charge is 2.18. The van der Waals surface area contributed by atoms with Crippen molar-refractivity contribution in [1.29, 1.82) is 0 Å². The van der Waals surface area contributed by atoms with E-state index in [0.717, 1.165) is 21.5 Å². The number of aryl methyl sites for hydroxylation is 1. The molecule has 30 heavy (non-hydrogen) atoms. The highest BCUT2D eigenvalue weighted by atomic mass is 79.9. The van der Waals surface area contributed by atoms with Gasteiger partial charge in [0.25, 0.3) is 0 Å². The van der Waals surface area contributed by atoms with E-state index >= 15 is 0 Å². The van der Waals surface area contributed by atoms with Crippen molar-refractivity contribution in [3.05, 3.63) is 58.3 Å². The van der Waals surface area contributed by atoms with Crippen LogP contribution in [0.4, 0.5) is 5.69 Å². The monoisotopic (exact) mass is 490 g/mol. The van der Waals surface area contributed by atoms with Crippen molar-refractivity contribution in [1.82, 2.24) is 14.8 Å². The minimum absolute atomic E-state index is 0.0995. The van der Waals surface area contributed by atoms with Crippen molar-refractivity contribution in [2.24, 2.45) is 7.05 Å². The summed E-state index contributed by atoms with van der Waals surface area (Å²) >= 11 is 4.75. The van der Waals surface area contributed by atoms with Crippen LogP contribution in [0.3, 0.4) is 0 Å². The van der Waals surface area contributed by atoms with Crippen LogP contribution in [-0.2, 0) is 11.8 Å². The molecular formula is C21H23BrN4O3S. The van der Waals surface area contributed by atoms with Gasteiger partial charge in [-0.3, -0.25) is 4.79 Å². The molecule has 0 aliphatic rings. The van der Waals surface area contributed by atoms with Gasteiger partial charge < -0.3 is 19.4 Å². The molecule has 1 aromatic heterocycles. The predicted molar refractivity (Wildman–Crippen MR) is 121 cm³/mol. The molecule has 0 spiro atoms. The maximum absolute atomic E-state index is 12.3. The summed E-state index contributed by atoms with van der Waals surface area (Å²) in [5, 5.41) is 12.0. The summed E-state index contributed by atoms with van der Waals surface area (Å²) in [5.74, 6) is 2.29. The Balaban J connectivity index is 1.58. The molecule has 1 amide bonds. The summed E-state index contributed by atoms with van der Waals surface area (Å²) in [4.78, 5) is 12.3. The molecule has 0 radical (unpaired) electrons. The SMILES string of the molecule is COc1ccc(OC(C)c2nnc(SCC(=O)Nc3ccc(Br)cc3C)n2C)cc1. The zero-order valence-corrected chi connectivity index (χ0v) is 19.6. The Hall–Kier alpha value is -2.52. The second-order valence-corrected chi connectivity index (χ2v) is 8.49. The van der Waals surface area contributed by atoms with E-state index in [-0.39, 0.29) is 17.8 Å². The van der Waals surface area contributed by atoms with Gasteiger partial charge in [-0.25, -0.2) is 0 Å². The number of nitrogens with zero attached hydrogens (tertiary/aromatic N) is 3. The van der Waals surface area contributed by atoms with Crippen molar-refractivity contribution in [3.8, 4) is 11.5 Å². The van der Waals surface area contributed by atoms with Gasteiger partial charge in [0.15, 0.2) is 17.1 Å². The molecule has 2 aromatic carbocycles. The zero-order valence-electron chi connectivity index (χ0n) is 17.2. The Kier molecular flexibility index (Phi) is 7.38. The first-order valence-electron chi connectivity index (χ1n) is 9.26. The lowest BCUT2D eigenvalue weighted by molar-refractivity contribution is -0.113. The maximum atomic E-state index is 12.3. The number of ether oxygens (including phenoxy) is 2. The topological polar surface area (TPSA) is 78.3 Å². The van der Waals surface area contributed by atoms with Crippen LogP contribution in [0.2, 0.25) is 0 Å². The van der Waals surface area contributed by atoms with Gasteiger partial charge in [-0.1, -0.05) is 27.7 Å². The maximum Gasteiger partial charge on any atom is 0.234 e. The molecule has 1 heterocycles. The average Bonchev–Trinajstić information content (AvgIpc) is 3.09. The Bertz CT molecular complexity index is 1020. The molecule has 0 aliphatic heterocycles. The number of halogens is 1. The number of amides is 1. The van der Waals surface area contributed by atoms with E-state index in [1.54, 1.807) is 7.11 Å². The van der Waals surface area contributed by atoms with Gasteiger partial charge in [0.05, 0.1) is 12.9 Å². The molecular weight excluding hydrogens is 468 g/mol. The largest absolute Gasteiger partial charge is 0.497 e. The number of thioether (sulfide) groups is 1. The fourth-order valence-corrected chi connectivity index (χ4v) is 3.99. The number of methoxy groups -OCH3 is 1. The molecule has 0 saturated carbocycles. The number of hydrogen-bond acceptors (Lipinski definition) is 6. The van der Waals surface area contributed by atoms with Gasteiger partial charge >= 0.3 is 0 Å².